The zero-order valence-electron chi connectivity index (χ0n) is 9.63. The summed E-state index contributed by atoms with van der Waals surface area (Å²) in [5, 5.41) is 10.5. The maximum absolute atomic E-state index is 9.45. The summed E-state index contributed by atoms with van der Waals surface area (Å²) in [6.07, 6.45) is 6.83. The molecule has 0 spiro atoms. The van der Waals surface area contributed by atoms with E-state index in [2.05, 4.69) is 19.9 Å². The van der Waals surface area contributed by atoms with E-state index in [-0.39, 0.29) is 12.6 Å². The van der Waals surface area contributed by atoms with E-state index in [9.17, 15) is 5.11 Å². The van der Waals surface area contributed by atoms with Gasteiger partial charge in [-0.1, -0.05) is 0 Å². The van der Waals surface area contributed by atoms with Crippen molar-refractivity contribution < 1.29 is 5.11 Å². The molecule has 0 amide bonds. The Morgan fingerprint density at radius 1 is 1.41 bits per heavy atom. The molecule has 1 saturated heterocycles. The number of aromatic amines is 1. The predicted octanol–water partition coefficient (Wildman–Crippen LogP) is 1.31. The van der Waals surface area contributed by atoms with E-state index in [1.165, 1.54) is 6.42 Å². The van der Waals surface area contributed by atoms with E-state index in [0.29, 0.717) is 0 Å². The summed E-state index contributed by atoms with van der Waals surface area (Å²) >= 11 is 0. The minimum absolute atomic E-state index is 0.190. The lowest BCUT2D eigenvalue weighted by molar-refractivity contribution is 0.239. The number of H-pyrrole nitrogens is 1. The molecule has 2 N–H and O–H groups in total. The highest BCUT2D eigenvalue weighted by atomic mass is 16.3. The van der Waals surface area contributed by atoms with E-state index in [0.717, 1.165) is 36.2 Å². The van der Waals surface area contributed by atoms with Crippen LogP contribution in [0.2, 0.25) is 0 Å². The Balaban J connectivity index is 2.04. The fourth-order valence-corrected chi connectivity index (χ4v) is 2.56. The first-order valence-corrected chi connectivity index (χ1v) is 6.06. The van der Waals surface area contributed by atoms with Crippen molar-refractivity contribution in [3.05, 3.63) is 18.6 Å². The van der Waals surface area contributed by atoms with Gasteiger partial charge >= 0.3 is 0 Å². The zero-order valence-corrected chi connectivity index (χ0v) is 9.63. The van der Waals surface area contributed by atoms with Crippen molar-refractivity contribution in [3.63, 3.8) is 0 Å². The smallest absolute Gasteiger partial charge is 0.142 e. The highest BCUT2D eigenvalue weighted by molar-refractivity contribution is 5.87. The molecular weight excluding hydrogens is 216 g/mol. The number of fused-ring (bicyclic) bond motifs is 1. The van der Waals surface area contributed by atoms with Crippen molar-refractivity contribution in [2.24, 2.45) is 0 Å². The molecule has 2 aromatic heterocycles. The third-order valence-corrected chi connectivity index (χ3v) is 3.44. The van der Waals surface area contributed by atoms with Gasteiger partial charge in [0.25, 0.3) is 0 Å². The number of aliphatic hydroxyl groups is 1. The van der Waals surface area contributed by atoms with Crippen molar-refractivity contribution in [1.29, 1.82) is 0 Å². The average molecular weight is 232 g/mol. The maximum atomic E-state index is 9.45. The number of aromatic nitrogens is 3. The van der Waals surface area contributed by atoms with Crippen LogP contribution in [-0.4, -0.2) is 39.3 Å². The highest BCUT2D eigenvalue weighted by Gasteiger charge is 2.24. The second-order valence-corrected chi connectivity index (χ2v) is 4.46. The van der Waals surface area contributed by atoms with E-state index < -0.39 is 0 Å². The van der Waals surface area contributed by atoms with E-state index in [1.807, 2.05) is 12.3 Å². The third-order valence-electron chi connectivity index (χ3n) is 3.44. The topological polar surface area (TPSA) is 65.0 Å². The molecule has 5 nitrogen and oxygen atoms in total. The van der Waals surface area contributed by atoms with Crippen LogP contribution in [0, 0.1) is 0 Å². The van der Waals surface area contributed by atoms with E-state index in [1.54, 1.807) is 6.33 Å². The van der Waals surface area contributed by atoms with Crippen molar-refractivity contribution in [2.45, 2.75) is 25.3 Å². The van der Waals surface area contributed by atoms with Crippen LogP contribution in [0.25, 0.3) is 11.0 Å². The van der Waals surface area contributed by atoms with Gasteiger partial charge < -0.3 is 15.0 Å². The fourth-order valence-electron chi connectivity index (χ4n) is 2.56. The van der Waals surface area contributed by atoms with Gasteiger partial charge in [-0.05, 0) is 25.3 Å². The number of piperidine rings is 1. The van der Waals surface area contributed by atoms with E-state index >= 15 is 0 Å². The van der Waals surface area contributed by atoms with Crippen LogP contribution in [-0.2, 0) is 0 Å². The molecule has 1 atom stereocenters. The van der Waals surface area contributed by atoms with Gasteiger partial charge in [-0.15, -0.1) is 0 Å². The van der Waals surface area contributed by atoms with Gasteiger partial charge in [0.1, 0.15) is 17.8 Å². The Morgan fingerprint density at radius 2 is 2.35 bits per heavy atom. The molecule has 5 heteroatoms. The second-order valence-electron chi connectivity index (χ2n) is 4.46. The van der Waals surface area contributed by atoms with Crippen molar-refractivity contribution >= 4 is 16.9 Å². The van der Waals surface area contributed by atoms with E-state index in [4.69, 9.17) is 0 Å². The van der Waals surface area contributed by atoms with Crippen LogP contribution in [0.1, 0.15) is 19.3 Å². The molecule has 0 aliphatic carbocycles. The quantitative estimate of drug-likeness (QED) is 0.819. The largest absolute Gasteiger partial charge is 0.394 e. The number of rotatable bonds is 2. The normalized spacial score (nSPS) is 21.0. The Labute approximate surface area is 99.5 Å². The van der Waals surface area contributed by atoms with Crippen LogP contribution < -0.4 is 4.90 Å². The highest BCUT2D eigenvalue weighted by Crippen LogP contribution is 2.28. The summed E-state index contributed by atoms with van der Waals surface area (Å²) in [7, 11) is 0. The molecule has 1 unspecified atom stereocenters. The number of nitrogens with zero attached hydrogens (tertiary/aromatic N) is 3. The SMILES string of the molecule is OCC1CCCCN1c1ncnc2[nH]ccc12. The lowest BCUT2D eigenvalue weighted by Gasteiger charge is -2.35. The van der Waals surface area contributed by atoms with Gasteiger partial charge in [0.05, 0.1) is 18.0 Å². The summed E-state index contributed by atoms with van der Waals surface area (Å²) in [5.74, 6) is 0.940. The average Bonchev–Trinajstić information content (AvgIpc) is 2.86. The first kappa shape index (κ1) is 10.5. The minimum atomic E-state index is 0.190. The van der Waals surface area contributed by atoms with Gasteiger partial charge in [-0.25, -0.2) is 9.97 Å². The molecule has 2 aromatic rings. The molecule has 90 valence electrons. The molecule has 17 heavy (non-hydrogen) atoms. The Hall–Kier alpha value is -1.62. The van der Waals surface area contributed by atoms with Gasteiger partial charge in [0.2, 0.25) is 0 Å². The molecule has 0 bridgehead atoms. The van der Waals surface area contributed by atoms with Crippen LogP contribution in [0.4, 0.5) is 5.82 Å². The van der Waals surface area contributed by atoms with Crippen LogP contribution in [0.3, 0.4) is 0 Å². The standard InChI is InChI=1S/C12H16N4O/c17-7-9-3-1-2-6-16(9)12-10-4-5-13-11(10)14-8-15-12/h4-5,8-9,17H,1-3,6-7H2,(H,13,14,15). The summed E-state index contributed by atoms with van der Waals surface area (Å²) in [5.41, 5.74) is 0.859. The molecule has 0 saturated carbocycles. The van der Waals surface area contributed by atoms with Gasteiger partial charge in [0, 0.05) is 12.7 Å². The number of nitrogens with one attached hydrogen (secondary N) is 1. The van der Waals surface area contributed by atoms with Crippen LogP contribution >= 0.6 is 0 Å². The lowest BCUT2D eigenvalue weighted by atomic mass is 10.0. The molecule has 1 aliphatic rings. The predicted molar refractivity (Wildman–Crippen MR) is 66.0 cm³/mol. The van der Waals surface area contributed by atoms with Gasteiger partial charge in [-0.3, -0.25) is 0 Å². The number of aliphatic hydroxyl groups excluding tert-OH is 1. The molecule has 1 fully saturated rings. The number of hydrogen-bond acceptors (Lipinski definition) is 4. The molecule has 1 aliphatic heterocycles. The summed E-state index contributed by atoms with van der Waals surface area (Å²) in [4.78, 5) is 13.9. The fraction of sp³-hybridized carbons (Fsp3) is 0.500. The number of hydrogen-bond donors (Lipinski definition) is 2. The summed E-state index contributed by atoms with van der Waals surface area (Å²) in [6.45, 7) is 1.15. The maximum Gasteiger partial charge on any atom is 0.142 e. The molecule has 0 radical (unpaired) electrons. The Morgan fingerprint density at radius 3 is 3.24 bits per heavy atom. The Bertz CT molecular complexity index is 510. The van der Waals surface area contributed by atoms with Gasteiger partial charge in [0.15, 0.2) is 0 Å². The Kier molecular flexibility index (Phi) is 2.68. The minimum Gasteiger partial charge on any atom is -0.394 e. The zero-order chi connectivity index (χ0) is 11.7. The summed E-state index contributed by atoms with van der Waals surface area (Å²) < 4.78 is 0. The molecule has 3 heterocycles. The number of anilines is 1. The van der Waals surface area contributed by atoms with Crippen molar-refractivity contribution in [3.8, 4) is 0 Å². The lowest BCUT2D eigenvalue weighted by Crippen LogP contribution is -2.42. The molecule has 3 rings (SSSR count). The third kappa shape index (κ3) is 1.76. The second kappa shape index (κ2) is 4.33. The van der Waals surface area contributed by atoms with Crippen molar-refractivity contribution in [2.75, 3.05) is 18.1 Å². The first-order chi connectivity index (χ1) is 8.40. The van der Waals surface area contributed by atoms with Gasteiger partial charge in [-0.2, -0.15) is 0 Å². The molecule has 0 aromatic carbocycles. The monoisotopic (exact) mass is 232 g/mol. The van der Waals surface area contributed by atoms with Crippen molar-refractivity contribution in [1.82, 2.24) is 15.0 Å². The molecular formula is C12H16N4O. The van der Waals surface area contributed by atoms with Crippen LogP contribution in [0.5, 0.6) is 0 Å². The van der Waals surface area contributed by atoms with Crippen LogP contribution in [0.15, 0.2) is 18.6 Å². The summed E-state index contributed by atoms with van der Waals surface area (Å²) in [6, 6.07) is 2.19. The first-order valence-electron chi connectivity index (χ1n) is 6.06.